The van der Waals surface area contributed by atoms with E-state index in [1.165, 1.54) is 0 Å². The van der Waals surface area contributed by atoms with Gasteiger partial charge < -0.3 is 20.5 Å². The number of hydrogen-bond donors (Lipinski definition) is 3. The number of terminal acetylenes is 1. The molecule has 0 heterocycles. The van der Waals surface area contributed by atoms with Gasteiger partial charge in [0.15, 0.2) is 0 Å². The zero-order chi connectivity index (χ0) is 14.2. The van der Waals surface area contributed by atoms with Gasteiger partial charge in [0.2, 0.25) is 0 Å². The zero-order valence-corrected chi connectivity index (χ0v) is 10.9. The Kier molecular flexibility index (Phi) is 6.83. The normalized spacial score (nSPS) is 12.3. The first-order valence-electron chi connectivity index (χ1n) is 5.67. The summed E-state index contributed by atoms with van der Waals surface area (Å²) in [6.45, 7) is 6.31. The van der Waals surface area contributed by atoms with Crippen molar-refractivity contribution >= 4 is 12.0 Å². The van der Waals surface area contributed by atoms with E-state index in [1.807, 2.05) is 20.8 Å². The van der Waals surface area contributed by atoms with Crippen LogP contribution in [0.1, 0.15) is 27.2 Å². The van der Waals surface area contributed by atoms with Crippen molar-refractivity contribution in [2.75, 3.05) is 13.2 Å². The Balaban J connectivity index is 4.18. The first-order valence-corrected chi connectivity index (χ1v) is 5.67. The summed E-state index contributed by atoms with van der Waals surface area (Å²) in [7, 11) is 0. The molecule has 0 aromatic carbocycles. The summed E-state index contributed by atoms with van der Waals surface area (Å²) in [6.07, 6.45) is 4.96. The van der Waals surface area contributed by atoms with Crippen LogP contribution in [-0.4, -0.2) is 41.9 Å². The number of hydrogen-bond acceptors (Lipinski definition) is 3. The van der Waals surface area contributed by atoms with Crippen LogP contribution in [0.4, 0.5) is 4.79 Å². The van der Waals surface area contributed by atoms with Gasteiger partial charge >= 0.3 is 12.0 Å². The van der Waals surface area contributed by atoms with Crippen LogP contribution in [0.25, 0.3) is 0 Å². The summed E-state index contributed by atoms with van der Waals surface area (Å²) in [5.74, 6) is 1.04. The fourth-order valence-corrected chi connectivity index (χ4v) is 1.26. The van der Waals surface area contributed by atoms with Crippen molar-refractivity contribution in [3.8, 4) is 12.3 Å². The van der Waals surface area contributed by atoms with Gasteiger partial charge in [-0.2, -0.15) is 0 Å². The number of amides is 2. The quantitative estimate of drug-likeness (QED) is 0.581. The second-order valence-electron chi connectivity index (χ2n) is 4.32. The zero-order valence-electron chi connectivity index (χ0n) is 10.9. The number of rotatable bonds is 7. The van der Waals surface area contributed by atoms with Crippen LogP contribution in [0.2, 0.25) is 0 Å². The molecule has 0 spiro atoms. The van der Waals surface area contributed by atoms with Crippen molar-refractivity contribution in [1.29, 1.82) is 0 Å². The van der Waals surface area contributed by atoms with Gasteiger partial charge in [-0.1, -0.05) is 0 Å². The number of aliphatic carboxylic acids is 1. The van der Waals surface area contributed by atoms with Crippen LogP contribution in [0, 0.1) is 12.3 Å². The smallest absolute Gasteiger partial charge is 0.327 e. The molecular formula is C12H20N2O4. The summed E-state index contributed by atoms with van der Waals surface area (Å²) in [6, 6.07) is -1.66. The number of ether oxygens (including phenoxy) is 1. The molecule has 0 aliphatic carbocycles. The number of urea groups is 1. The molecule has 1 unspecified atom stereocenters. The summed E-state index contributed by atoms with van der Waals surface area (Å²) in [5, 5.41) is 13.6. The van der Waals surface area contributed by atoms with Gasteiger partial charge in [0, 0.05) is 19.6 Å². The Morgan fingerprint density at radius 3 is 2.56 bits per heavy atom. The van der Waals surface area contributed by atoms with E-state index < -0.39 is 23.6 Å². The van der Waals surface area contributed by atoms with Crippen molar-refractivity contribution < 1.29 is 19.4 Å². The van der Waals surface area contributed by atoms with Crippen LogP contribution in [0.15, 0.2) is 0 Å². The third kappa shape index (κ3) is 6.76. The van der Waals surface area contributed by atoms with Gasteiger partial charge in [0.25, 0.3) is 0 Å². The number of carboxylic acid groups (broad SMARTS) is 1. The molecular weight excluding hydrogens is 236 g/mol. The van der Waals surface area contributed by atoms with Gasteiger partial charge in [0.05, 0.1) is 5.60 Å². The summed E-state index contributed by atoms with van der Waals surface area (Å²) >= 11 is 0. The molecule has 0 fully saturated rings. The highest BCUT2D eigenvalue weighted by atomic mass is 16.5. The van der Waals surface area contributed by atoms with E-state index in [4.69, 9.17) is 16.3 Å². The Bertz CT molecular complexity index is 333. The van der Waals surface area contributed by atoms with E-state index in [0.717, 1.165) is 0 Å². The average Bonchev–Trinajstić information content (AvgIpc) is 2.26. The van der Waals surface area contributed by atoms with Gasteiger partial charge in [-0.3, -0.25) is 0 Å². The SMILES string of the molecule is C#CCC(NC(=O)NCC(C)(C)OCC)C(=O)O. The minimum atomic E-state index is -1.16. The maximum absolute atomic E-state index is 11.5. The number of nitrogens with one attached hydrogen (secondary N) is 2. The van der Waals surface area contributed by atoms with Crippen molar-refractivity contribution in [3.63, 3.8) is 0 Å². The van der Waals surface area contributed by atoms with Gasteiger partial charge in [-0.05, 0) is 20.8 Å². The minimum absolute atomic E-state index is 0.0579. The number of carboxylic acids is 1. The van der Waals surface area contributed by atoms with Crippen LogP contribution >= 0.6 is 0 Å². The Labute approximate surface area is 107 Å². The van der Waals surface area contributed by atoms with E-state index in [9.17, 15) is 9.59 Å². The highest BCUT2D eigenvalue weighted by Gasteiger charge is 2.21. The fraction of sp³-hybridized carbons (Fsp3) is 0.667. The molecule has 102 valence electrons. The highest BCUT2D eigenvalue weighted by Crippen LogP contribution is 2.06. The lowest BCUT2D eigenvalue weighted by molar-refractivity contribution is -0.139. The molecule has 0 aliphatic heterocycles. The molecule has 0 aromatic heterocycles. The van der Waals surface area contributed by atoms with E-state index >= 15 is 0 Å². The number of carbonyl (C=O) groups is 2. The predicted octanol–water partition coefficient (Wildman–Crippen LogP) is 0.577. The van der Waals surface area contributed by atoms with Crippen LogP contribution < -0.4 is 10.6 Å². The topological polar surface area (TPSA) is 87.7 Å². The largest absolute Gasteiger partial charge is 0.480 e. The van der Waals surface area contributed by atoms with Crippen LogP contribution in [0.5, 0.6) is 0 Å². The lowest BCUT2D eigenvalue weighted by Gasteiger charge is -2.25. The lowest BCUT2D eigenvalue weighted by Crippen LogP contribution is -2.49. The molecule has 1 atom stereocenters. The molecule has 0 aliphatic rings. The summed E-state index contributed by atoms with van der Waals surface area (Å²) in [4.78, 5) is 22.2. The predicted molar refractivity (Wildman–Crippen MR) is 67.1 cm³/mol. The molecule has 0 radical (unpaired) electrons. The molecule has 3 N–H and O–H groups in total. The fourth-order valence-electron chi connectivity index (χ4n) is 1.26. The monoisotopic (exact) mass is 256 g/mol. The molecule has 0 saturated heterocycles. The Morgan fingerprint density at radius 2 is 2.11 bits per heavy atom. The maximum atomic E-state index is 11.5. The standard InChI is InChI=1S/C12H20N2O4/c1-5-7-9(10(15)16)14-11(17)13-8-12(3,4)18-6-2/h1,9H,6-8H2,2-4H3,(H,15,16)(H2,13,14,17). The van der Waals surface area contributed by atoms with Gasteiger partial charge in [0.1, 0.15) is 6.04 Å². The van der Waals surface area contributed by atoms with Crippen LogP contribution in [-0.2, 0) is 9.53 Å². The molecule has 0 bridgehead atoms. The van der Waals surface area contributed by atoms with Crippen molar-refractivity contribution in [1.82, 2.24) is 10.6 Å². The highest BCUT2D eigenvalue weighted by molar-refractivity contribution is 5.82. The van der Waals surface area contributed by atoms with Gasteiger partial charge in [-0.25, -0.2) is 9.59 Å². The molecule has 6 heteroatoms. The third-order valence-corrected chi connectivity index (χ3v) is 2.14. The van der Waals surface area contributed by atoms with E-state index in [-0.39, 0.29) is 13.0 Å². The first kappa shape index (κ1) is 16.3. The first-order chi connectivity index (χ1) is 8.32. The molecule has 0 aromatic rings. The van der Waals surface area contributed by atoms with E-state index in [1.54, 1.807) is 0 Å². The third-order valence-electron chi connectivity index (χ3n) is 2.14. The van der Waals surface area contributed by atoms with Crippen molar-refractivity contribution in [2.45, 2.75) is 38.8 Å². The van der Waals surface area contributed by atoms with E-state index in [0.29, 0.717) is 6.61 Å². The Hall–Kier alpha value is -1.74. The molecule has 18 heavy (non-hydrogen) atoms. The second-order valence-corrected chi connectivity index (χ2v) is 4.32. The number of carbonyl (C=O) groups excluding carboxylic acids is 1. The molecule has 2 amide bonds. The molecule has 0 saturated carbocycles. The van der Waals surface area contributed by atoms with Gasteiger partial charge in [-0.15, -0.1) is 12.3 Å². The minimum Gasteiger partial charge on any atom is -0.480 e. The Morgan fingerprint density at radius 1 is 1.50 bits per heavy atom. The molecule has 0 rings (SSSR count). The average molecular weight is 256 g/mol. The van der Waals surface area contributed by atoms with Crippen LogP contribution in [0.3, 0.4) is 0 Å². The van der Waals surface area contributed by atoms with E-state index in [2.05, 4.69) is 16.6 Å². The molecule has 6 nitrogen and oxygen atoms in total. The van der Waals surface area contributed by atoms with Crippen molar-refractivity contribution in [2.24, 2.45) is 0 Å². The van der Waals surface area contributed by atoms with Crippen molar-refractivity contribution in [3.05, 3.63) is 0 Å². The second kappa shape index (κ2) is 7.56. The lowest BCUT2D eigenvalue weighted by atomic mass is 10.1. The maximum Gasteiger partial charge on any atom is 0.327 e. The summed E-state index contributed by atoms with van der Waals surface area (Å²) in [5.41, 5.74) is -0.503. The summed E-state index contributed by atoms with van der Waals surface area (Å²) < 4.78 is 5.39.